The summed E-state index contributed by atoms with van der Waals surface area (Å²) in [6.45, 7) is 2.56. The van der Waals surface area contributed by atoms with Gasteiger partial charge in [-0.1, -0.05) is 6.92 Å². The number of nitrogens with one attached hydrogen (secondary N) is 1. The van der Waals surface area contributed by atoms with Crippen molar-refractivity contribution in [3.63, 3.8) is 0 Å². The Morgan fingerprint density at radius 2 is 2.10 bits per heavy atom. The highest BCUT2D eigenvalue weighted by atomic mass is 16.5. The molecule has 0 aromatic heterocycles. The van der Waals surface area contributed by atoms with Crippen LogP contribution in [0.15, 0.2) is 0 Å². The summed E-state index contributed by atoms with van der Waals surface area (Å²) >= 11 is 0. The van der Waals surface area contributed by atoms with Gasteiger partial charge in [0.1, 0.15) is 12.1 Å². The number of hydrogen-bond donors (Lipinski definition) is 2. The van der Waals surface area contributed by atoms with E-state index >= 15 is 0 Å². The molecule has 1 aliphatic rings. The predicted molar refractivity (Wildman–Crippen MR) is 75.7 cm³/mol. The van der Waals surface area contributed by atoms with Gasteiger partial charge in [-0.15, -0.1) is 0 Å². The molecule has 0 aromatic rings. The van der Waals surface area contributed by atoms with Crippen LogP contribution in [-0.2, 0) is 19.1 Å². The molecule has 1 saturated heterocycles. The second-order valence-electron chi connectivity index (χ2n) is 5.13. The Morgan fingerprint density at radius 3 is 2.67 bits per heavy atom. The molecular formula is C14H24N2O5. The van der Waals surface area contributed by atoms with E-state index in [4.69, 9.17) is 9.84 Å². The number of carbonyl (C=O) groups excluding carboxylic acids is 2. The van der Waals surface area contributed by atoms with Crippen LogP contribution in [0.4, 0.5) is 0 Å². The summed E-state index contributed by atoms with van der Waals surface area (Å²) in [5.41, 5.74) is 0. The first-order valence-electron chi connectivity index (χ1n) is 7.32. The monoisotopic (exact) mass is 300 g/mol. The molecule has 2 N–H and O–H groups in total. The van der Waals surface area contributed by atoms with E-state index in [1.54, 1.807) is 11.8 Å². The smallest absolute Gasteiger partial charge is 0.326 e. The standard InChI is InChI=1S/C14H24N2O5/c1-3-12(17)16-8-5-4-6-11(16)13(18)15-10(14(19)20)7-9-21-2/h10-11H,3-9H2,1-2H3,(H,15,18)(H,19,20). The number of carboxylic acids is 1. The van der Waals surface area contributed by atoms with Crippen LogP contribution in [0.2, 0.25) is 0 Å². The fraction of sp³-hybridized carbons (Fsp3) is 0.786. The topological polar surface area (TPSA) is 95.9 Å². The number of amides is 2. The molecule has 0 aliphatic carbocycles. The number of likely N-dealkylation sites (tertiary alicyclic amines) is 1. The van der Waals surface area contributed by atoms with Crippen LogP contribution >= 0.6 is 0 Å². The van der Waals surface area contributed by atoms with Crippen molar-refractivity contribution in [1.29, 1.82) is 0 Å². The van der Waals surface area contributed by atoms with E-state index in [9.17, 15) is 14.4 Å². The van der Waals surface area contributed by atoms with Crippen LogP contribution in [-0.4, -0.2) is 60.1 Å². The molecule has 0 spiro atoms. The summed E-state index contributed by atoms with van der Waals surface area (Å²) in [7, 11) is 1.48. The molecule has 2 unspecified atom stereocenters. The first-order valence-corrected chi connectivity index (χ1v) is 7.32. The number of ether oxygens (including phenoxy) is 1. The van der Waals surface area contributed by atoms with Crippen LogP contribution in [0.3, 0.4) is 0 Å². The molecule has 0 bridgehead atoms. The van der Waals surface area contributed by atoms with Crippen LogP contribution in [0.25, 0.3) is 0 Å². The molecule has 1 heterocycles. The Balaban J connectivity index is 2.69. The van der Waals surface area contributed by atoms with Gasteiger partial charge in [0.05, 0.1) is 0 Å². The third-order valence-electron chi connectivity index (χ3n) is 3.65. The van der Waals surface area contributed by atoms with E-state index in [0.717, 1.165) is 12.8 Å². The van der Waals surface area contributed by atoms with Gasteiger partial charge in [-0.3, -0.25) is 9.59 Å². The molecule has 1 aliphatic heterocycles. The van der Waals surface area contributed by atoms with Crippen molar-refractivity contribution in [2.24, 2.45) is 0 Å². The molecule has 1 fully saturated rings. The van der Waals surface area contributed by atoms with Crippen molar-refractivity contribution in [2.75, 3.05) is 20.3 Å². The number of aliphatic carboxylic acids is 1. The van der Waals surface area contributed by atoms with E-state index in [2.05, 4.69) is 5.32 Å². The second kappa shape index (κ2) is 8.61. The largest absolute Gasteiger partial charge is 0.480 e. The summed E-state index contributed by atoms with van der Waals surface area (Å²) in [5.74, 6) is -1.55. The van der Waals surface area contributed by atoms with E-state index in [0.29, 0.717) is 19.4 Å². The number of methoxy groups -OCH3 is 1. The fourth-order valence-electron chi connectivity index (χ4n) is 2.47. The van der Waals surface area contributed by atoms with Crippen molar-refractivity contribution in [3.05, 3.63) is 0 Å². The van der Waals surface area contributed by atoms with Gasteiger partial charge in [-0.2, -0.15) is 0 Å². The van der Waals surface area contributed by atoms with Gasteiger partial charge < -0.3 is 20.1 Å². The third kappa shape index (κ3) is 5.00. The van der Waals surface area contributed by atoms with Gasteiger partial charge >= 0.3 is 5.97 Å². The minimum atomic E-state index is -1.09. The highest BCUT2D eigenvalue weighted by molar-refractivity contribution is 5.90. The lowest BCUT2D eigenvalue weighted by molar-refractivity contribution is -0.146. The van der Waals surface area contributed by atoms with Crippen LogP contribution in [0, 0.1) is 0 Å². The highest BCUT2D eigenvalue weighted by Crippen LogP contribution is 2.18. The van der Waals surface area contributed by atoms with Gasteiger partial charge in [0, 0.05) is 33.1 Å². The molecule has 7 heteroatoms. The number of piperidine rings is 1. The Morgan fingerprint density at radius 1 is 1.38 bits per heavy atom. The summed E-state index contributed by atoms with van der Waals surface area (Å²) in [4.78, 5) is 36.9. The van der Waals surface area contributed by atoms with Crippen LogP contribution < -0.4 is 5.32 Å². The lowest BCUT2D eigenvalue weighted by Gasteiger charge is -2.35. The SMILES string of the molecule is CCC(=O)N1CCCCC1C(=O)NC(CCOC)C(=O)O. The number of hydrogen-bond acceptors (Lipinski definition) is 4. The molecule has 0 saturated carbocycles. The zero-order valence-electron chi connectivity index (χ0n) is 12.6. The minimum absolute atomic E-state index is 0.0707. The number of rotatable bonds is 7. The first-order chi connectivity index (χ1) is 10.0. The average Bonchev–Trinajstić information content (AvgIpc) is 2.50. The Hall–Kier alpha value is -1.63. The highest BCUT2D eigenvalue weighted by Gasteiger charge is 2.33. The second-order valence-corrected chi connectivity index (χ2v) is 5.13. The third-order valence-corrected chi connectivity index (χ3v) is 3.65. The predicted octanol–water partition coefficient (Wildman–Crippen LogP) is 0.383. The van der Waals surface area contributed by atoms with Crippen LogP contribution in [0.5, 0.6) is 0 Å². The molecule has 2 atom stereocenters. The summed E-state index contributed by atoms with van der Waals surface area (Å²) < 4.78 is 4.85. The van der Waals surface area contributed by atoms with Crippen molar-refractivity contribution >= 4 is 17.8 Å². The first kappa shape index (κ1) is 17.4. The normalized spacial score (nSPS) is 19.9. The van der Waals surface area contributed by atoms with E-state index in [-0.39, 0.29) is 24.8 Å². The minimum Gasteiger partial charge on any atom is -0.480 e. The van der Waals surface area contributed by atoms with E-state index in [1.165, 1.54) is 7.11 Å². The molecule has 2 amide bonds. The molecule has 0 aromatic carbocycles. The van der Waals surface area contributed by atoms with Crippen molar-refractivity contribution in [3.8, 4) is 0 Å². The lowest BCUT2D eigenvalue weighted by atomic mass is 10.0. The van der Waals surface area contributed by atoms with E-state index < -0.39 is 18.1 Å². The fourth-order valence-corrected chi connectivity index (χ4v) is 2.47. The van der Waals surface area contributed by atoms with Gasteiger partial charge in [0.15, 0.2) is 0 Å². The van der Waals surface area contributed by atoms with Gasteiger partial charge in [-0.05, 0) is 19.3 Å². The average molecular weight is 300 g/mol. The molecular weight excluding hydrogens is 276 g/mol. The zero-order chi connectivity index (χ0) is 15.8. The molecule has 0 radical (unpaired) electrons. The van der Waals surface area contributed by atoms with Gasteiger partial charge in [0.2, 0.25) is 11.8 Å². The summed E-state index contributed by atoms with van der Waals surface area (Å²) in [6, 6.07) is -1.55. The van der Waals surface area contributed by atoms with Gasteiger partial charge in [-0.25, -0.2) is 4.79 Å². The van der Waals surface area contributed by atoms with Crippen molar-refractivity contribution in [1.82, 2.24) is 10.2 Å². The zero-order valence-corrected chi connectivity index (χ0v) is 12.6. The molecule has 7 nitrogen and oxygen atoms in total. The summed E-state index contributed by atoms with van der Waals surface area (Å²) in [5, 5.41) is 11.6. The number of nitrogens with zero attached hydrogens (tertiary/aromatic N) is 1. The van der Waals surface area contributed by atoms with Crippen molar-refractivity contribution < 1.29 is 24.2 Å². The number of carboxylic acid groups (broad SMARTS) is 1. The van der Waals surface area contributed by atoms with E-state index in [1.807, 2.05) is 0 Å². The summed E-state index contributed by atoms with van der Waals surface area (Å²) in [6.07, 6.45) is 2.86. The molecule has 120 valence electrons. The van der Waals surface area contributed by atoms with Crippen LogP contribution in [0.1, 0.15) is 39.0 Å². The maximum Gasteiger partial charge on any atom is 0.326 e. The lowest BCUT2D eigenvalue weighted by Crippen LogP contribution is -2.55. The molecule has 21 heavy (non-hydrogen) atoms. The number of carbonyl (C=O) groups is 3. The Bertz CT molecular complexity index is 386. The van der Waals surface area contributed by atoms with Gasteiger partial charge in [0.25, 0.3) is 0 Å². The maximum atomic E-state index is 12.3. The molecule has 1 rings (SSSR count). The van der Waals surface area contributed by atoms with Crippen molar-refractivity contribution in [2.45, 2.75) is 51.1 Å². The Kier molecular flexibility index (Phi) is 7.14. The maximum absolute atomic E-state index is 12.3. The Labute approximate surface area is 124 Å². The quantitative estimate of drug-likeness (QED) is 0.709.